The Labute approximate surface area is 252 Å². The third-order valence-electron chi connectivity index (χ3n) is 7.29. The van der Waals surface area contributed by atoms with E-state index in [-0.39, 0.29) is 0 Å². The number of furan rings is 1. The fourth-order valence-corrected chi connectivity index (χ4v) is 5.18. The van der Waals surface area contributed by atoms with Crippen LogP contribution in [-0.4, -0.2) is 118 Å². The summed E-state index contributed by atoms with van der Waals surface area (Å²) in [5.41, 5.74) is 0. The van der Waals surface area contributed by atoms with Crippen molar-refractivity contribution in [2.45, 2.75) is 76.2 Å². The number of rotatable bonds is 5. The lowest BCUT2D eigenvalue weighted by molar-refractivity contribution is -0.193. The van der Waals surface area contributed by atoms with Gasteiger partial charge in [-0.05, 0) is 63.9 Å². The number of nitrogens with zero attached hydrogens (tertiary/aromatic N) is 3. The van der Waals surface area contributed by atoms with Gasteiger partial charge in [0.25, 0.3) is 0 Å². The summed E-state index contributed by atoms with van der Waals surface area (Å²) in [6, 6.07) is 5.88. The SMILES string of the molecule is CCc1ccc(CN2CC[C@H]3[C@H](C[C@@H](CN4CCCC4)N3C)C2)o1.O=C(O)C(F)(F)F.O=C(O)C(F)(F)F.O=C(O)C(F)(F)F. The van der Waals surface area contributed by atoms with Gasteiger partial charge in [0.2, 0.25) is 0 Å². The van der Waals surface area contributed by atoms with E-state index in [0.29, 0.717) is 0 Å². The van der Waals surface area contributed by atoms with Gasteiger partial charge >= 0.3 is 36.4 Å². The molecule has 0 spiro atoms. The van der Waals surface area contributed by atoms with E-state index >= 15 is 0 Å². The molecule has 45 heavy (non-hydrogen) atoms. The lowest BCUT2D eigenvalue weighted by Crippen LogP contribution is -2.46. The normalized spacial score (nSPS) is 22.6. The first-order chi connectivity index (χ1) is 20.6. The Morgan fingerprint density at radius 1 is 0.800 bits per heavy atom. The zero-order chi connectivity index (χ0) is 34.8. The van der Waals surface area contributed by atoms with Crippen molar-refractivity contribution in [1.82, 2.24) is 14.7 Å². The van der Waals surface area contributed by atoms with Crippen LogP contribution in [0.3, 0.4) is 0 Å². The molecule has 0 aliphatic carbocycles. The first-order valence-corrected chi connectivity index (χ1v) is 13.7. The highest BCUT2D eigenvalue weighted by molar-refractivity contribution is 5.73. The molecule has 0 saturated carbocycles. The number of alkyl halides is 9. The van der Waals surface area contributed by atoms with Gasteiger partial charge in [-0.1, -0.05) is 6.92 Å². The molecule has 0 unspecified atom stereocenters. The third kappa shape index (κ3) is 14.3. The summed E-state index contributed by atoms with van der Waals surface area (Å²) < 4.78 is 101. The van der Waals surface area contributed by atoms with Crippen molar-refractivity contribution in [1.29, 1.82) is 0 Å². The number of likely N-dealkylation sites (N-methyl/N-ethyl adjacent to an activating group) is 1. The van der Waals surface area contributed by atoms with Crippen LogP contribution >= 0.6 is 0 Å². The van der Waals surface area contributed by atoms with E-state index in [1.165, 1.54) is 58.4 Å². The van der Waals surface area contributed by atoms with Crippen LogP contribution < -0.4 is 0 Å². The van der Waals surface area contributed by atoms with E-state index in [1.54, 1.807) is 0 Å². The molecule has 3 saturated heterocycles. The number of hydrogen-bond acceptors (Lipinski definition) is 7. The van der Waals surface area contributed by atoms with Crippen LogP contribution in [0.15, 0.2) is 16.5 Å². The van der Waals surface area contributed by atoms with E-state index in [1.807, 2.05) is 0 Å². The summed E-state index contributed by atoms with van der Waals surface area (Å²) in [6.45, 7) is 9.54. The smallest absolute Gasteiger partial charge is 0.475 e. The van der Waals surface area contributed by atoms with Gasteiger partial charge in [0.15, 0.2) is 0 Å². The monoisotopic (exact) mass is 673 g/mol. The molecule has 0 aromatic carbocycles. The highest BCUT2D eigenvalue weighted by Crippen LogP contribution is 2.35. The van der Waals surface area contributed by atoms with E-state index in [2.05, 4.69) is 40.8 Å². The second kappa shape index (κ2) is 17.0. The molecule has 19 heteroatoms. The van der Waals surface area contributed by atoms with Gasteiger partial charge in [0.05, 0.1) is 6.54 Å². The Balaban J connectivity index is 0.000000396. The lowest BCUT2D eigenvalue weighted by atomic mass is 9.92. The summed E-state index contributed by atoms with van der Waals surface area (Å²) in [6.07, 6.45) is -8.75. The quantitative estimate of drug-likeness (QED) is 0.377. The summed E-state index contributed by atoms with van der Waals surface area (Å²) in [7, 11) is 2.38. The van der Waals surface area contributed by atoms with Crippen molar-refractivity contribution in [2.75, 3.05) is 39.8 Å². The van der Waals surface area contributed by atoms with Crippen molar-refractivity contribution in [2.24, 2.45) is 5.92 Å². The van der Waals surface area contributed by atoms with Gasteiger partial charge in [0.1, 0.15) is 11.5 Å². The zero-order valence-electron chi connectivity index (χ0n) is 24.4. The molecule has 260 valence electrons. The van der Waals surface area contributed by atoms with Crippen LogP contribution in [0.2, 0.25) is 0 Å². The number of aliphatic carboxylic acids is 3. The molecule has 10 nitrogen and oxygen atoms in total. The van der Waals surface area contributed by atoms with Crippen LogP contribution in [0.25, 0.3) is 0 Å². The molecule has 0 amide bonds. The van der Waals surface area contributed by atoms with E-state index in [0.717, 1.165) is 42.5 Å². The molecule has 0 bridgehead atoms. The van der Waals surface area contributed by atoms with Crippen LogP contribution in [-0.2, 0) is 27.3 Å². The van der Waals surface area contributed by atoms with Crippen molar-refractivity contribution in [3.8, 4) is 0 Å². The minimum atomic E-state index is -5.08. The third-order valence-corrected chi connectivity index (χ3v) is 7.29. The number of fused-ring (bicyclic) bond motifs is 1. The predicted molar refractivity (Wildman–Crippen MR) is 138 cm³/mol. The molecule has 1 aromatic rings. The number of aryl methyl sites for hydroxylation is 1. The Morgan fingerprint density at radius 2 is 1.24 bits per heavy atom. The van der Waals surface area contributed by atoms with Gasteiger partial charge in [-0.25, -0.2) is 14.4 Å². The van der Waals surface area contributed by atoms with Gasteiger partial charge in [-0.3, -0.25) is 9.80 Å². The Bertz CT molecular complexity index is 1030. The summed E-state index contributed by atoms with van der Waals surface area (Å²) in [5.74, 6) is -5.17. The summed E-state index contributed by atoms with van der Waals surface area (Å²) in [5, 5.41) is 21.4. The average molecular weight is 674 g/mol. The maximum atomic E-state index is 10.6. The number of halogens is 9. The van der Waals surface area contributed by atoms with Crippen LogP contribution in [0.1, 0.15) is 44.1 Å². The second-order valence-corrected chi connectivity index (χ2v) is 10.5. The van der Waals surface area contributed by atoms with Crippen LogP contribution in [0.5, 0.6) is 0 Å². The van der Waals surface area contributed by atoms with Crippen molar-refractivity contribution < 1.29 is 73.6 Å². The Hall–Kier alpha value is -3.06. The maximum Gasteiger partial charge on any atom is 0.490 e. The highest BCUT2D eigenvalue weighted by atomic mass is 19.4. The Kier molecular flexibility index (Phi) is 15.1. The standard InChI is InChI=1S/C20H33N3O.3C2HF3O2/c1-3-18-6-7-19(24-18)15-23-11-8-20-16(13-23)12-17(21(20)2)14-22-9-4-5-10-22;3*3-2(4,5)1(6)7/h6-7,16-17,20H,3-5,8-15H2,1-2H3;3*(H,6,7)/t16-,17+,20+;;;/m1.../s1. The van der Waals surface area contributed by atoms with Gasteiger partial charge in [-0.2, -0.15) is 39.5 Å². The number of piperidine rings is 1. The number of carboxylic acid groups (broad SMARTS) is 3. The van der Waals surface area contributed by atoms with Crippen LogP contribution in [0.4, 0.5) is 39.5 Å². The fraction of sp³-hybridized carbons (Fsp3) is 0.731. The number of hydrogen-bond donors (Lipinski definition) is 3. The van der Waals surface area contributed by atoms with Crippen LogP contribution in [0, 0.1) is 5.92 Å². The Morgan fingerprint density at radius 3 is 1.64 bits per heavy atom. The molecule has 4 rings (SSSR count). The lowest BCUT2D eigenvalue weighted by Gasteiger charge is -2.37. The average Bonchev–Trinajstić information content (AvgIpc) is 3.65. The molecule has 3 N–H and O–H groups in total. The molecule has 3 fully saturated rings. The van der Waals surface area contributed by atoms with Gasteiger partial charge in [0, 0.05) is 38.1 Å². The molecule has 4 heterocycles. The van der Waals surface area contributed by atoms with Gasteiger partial charge in [-0.15, -0.1) is 0 Å². The minimum Gasteiger partial charge on any atom is -0.475 e. The summed E-state index contributed by atoms with van der Waals surface area (Å²) >= 11 is 0. The second-order valence-electron chi connectivity index (χ2n) is 10.5. The molecule has 3 aliphatic heterocycles. The number of likely N-dealkylation sites (tertiary alicyclic amines) is 3. The molecular formula is C26H36F9N3O7. The topological polar surface area (TPSA) is 135 Å². The van der Waals surface area contributed by atoms with Gasteiger partial charge < -0.3 is 24.6 Å². The maximum absolute atomic E-state index is 10.6. The molecule has 0 radical (unpaired) electrons. The first kappa shape index (κ1) is 40.0. The first-order valence-electron chi connectivity index (χ1n) is 13.7. The minimum absolute atomic E-state index is 0.772. The fourth-order valence-electron chi connectivity index (χ4n) is 5.18. The summed E-state index contributed by atoms with van der Waals surface area (Å²) in [4.78, 5) is 34.7. The van der Waals surface area contributed by atoms with E-state index in [4.69, 9.17) is 34.1 Å². The molecular weight excluding hydrogens is 637 g/mol. The van der Waals surface area contributed by atoms with E-state index in [9.17, 15) is 39.5 Å². The van der Waals surface area contributed by atoms with Crippen molar-refractivity contribution >= 4 is 17.9 Å². The number of carbonyl (C=O) groups is 3. The van der Waals surface area contributed by atoms with E-state index < -0.39 is 36.4 Å². The molecule has 1 aromatic heterocycles. The van der Waals surface area contributed by atoms with Crippen molar-refractivity contribution in [3.63, 3.8) is 0 Å². The predicted octanol–water partition coefficient (Wildman–Crippen LogP) is 4.73. The van der Waals surface area contributed by atoms with Crippen molar-refractivity contribution in [3.05, 3.63) is 23.7 Å². The zero-order valence-corrected chi connectivity index (χ0v) is 24.4. The highest BCUT2D eigenvalue weighted by Gasteiger charge is 2.43. The molecule has 3 atom stereocenters. The molecule has 3 aliphatic rings. The number of carboxylic acids is 3. The largest absolute Gasteiger partial charge is 0.490 e.